The molecule has 0 saturated carbocycles. The Morgan fingerprint density at radius 3 is 2.16 bits per heavy atom. The van der Waals surface area contributed by atoms with Gasteiger partial charge in [0.05, 0.1) is 17.8 Å². The number of piperazine rings is 1. The lowest BCUT2D eigenvalue weighted by atomic mass is 10.1. The van der Waals surface area contributed by atoms with Gasteiger partial charge in [-0.05, 0) is 50.2 Å². The number of rotatable bonds is 5. The molecule has 7 heteroatoms. The number of nitrogens with two attached hydrogens (primary N) is 1. The summed E-state index contributed by atoms with van der Waals surface area (Å²) >= 11 is 0. The molecule has 1 aliphatic heterocycles. The summed E-state index contributed by atoms with van der Waals surface area (Å²) in [5, 5.41) is 4.65. The second kappa shape index (κ2) is 8.63. The minimum atomic E-state index is -0.428. The van der Waals surface area contributed by atoms with Crippen LogP contribution < -0.4 is 10.6 Å². The van der Waals surface area contributed by atoms with Gasteiger partial charge in [-0.15, -0.1) is 0 Å². The highest BCUT2D eigenvalue weighted by molar-refractivity contribution is 5.93. The normalized spacial score (nSPS) is 14.0. The molecule has 0 unspecified atom stereocenters. The van der Waals surface area contributed by atoms with E-state index in [-0.39, 0.29) is 5.91 Å². The van der Waals surface area contributed by atoms with Crippen molar-refractivity contribution in [3.05, 3.63) is 77.1 Å². The Morgan fingerprint density at radius 1 is 0.903 bits per heavy atom. The maximum atomic E-state index is 13.0. The zero-order chi connectivity index (χ0) is 22.0. The van der Waals surface area contributed by atoms with Crippen molar-refractivity contribution in [2.45, 2.75) is 20.3 Å². The molecule has 7 nitrogen and oxygen atoms in total. The summed E-state index contributed by atoms with van der Waals surface area (Å²) in [6.07, 6.45) is 0.359. The van der Waals surface area contributed by atoms with Crippen LogP contribution in [0.25, 0.3) is 5.69 Å². The van der Waals surface area contributed by atoms with Crippen LogP contribution in [0.2, 0.25) is 0 Å². The number of benzene rings is 2. The van der Waals surface area contributed by atoms with Crippen LogP contribution in [-0.4, -0.2) is 52.7 Å². The topological polar surface area (TPSA) is 84.5 Å². The molecular weight excluding hydrogens is 390 g/mol. The first-order valence-electron chi connectivity index (χ1n) is 10.5. The monoisotopic (exact) mass is 417 g/mol. The molecule has 2 amide bonds. The number of hydrogen-bond donors (Lipinski definition) is 1. The van der Waals surface area contributed by atoms with Crippen LogP contribution in [0.5, 0.6) is 0 Å². The lowest BCUT2D eigenvalue weighted by Gasteiger charge is -2.36. The molecule has 1 saturated heterocycles. The van der Waals surface area contributed by atoms with Crippen LogP contribution in [0.3, 0.4) is 0 Å². The Hall–Kier alpha value is -3.61. The van der Waals surface area contributed by atoms with Crippen LogP contribution in [0, 0.1) is 13.8 Å². The van der Waals surface area contributed by atoms with Crippen molar-refractivity contribution in [3.63, 3.8) is 0 Å². The smallest absolute Gasteiger partial charge is 0.248 e. The van der Waals surface area contributed by atoms with Crippen LogP contribution in [0.1, 0.15) is 27.3 Å². The van der Waals surface area contributed by atoms with E-state index in [1.807, 2.05) is 65.9 Å². The molecule has 2 N–H and O–H groups in total. The first-order valence-corrected chi connectivity index (χ1v) is 10.5. The van der Waals surface area contributed by atoms with Crippen LogP contribution in [0.4, 0.5) is 5.69 Å². The fraction of sp³-hybridized carbons (Fsp3) is 0.292. The summed E-state index contributed by atoms with van der Waals surface area (Å²) < 4.78 is 1.91. The second-order valence-corrected chi connectivity index (χ2v) is 7.85. The highest BCUT2D eigenvalue weighted by Gasteiger charge is 2.24. The second-order valence-electron chi connectivity index (χ2n) is 7.85. The Morgan fingerprint density at radius 2 is 1.55 bits per heavy atom. The van der Waals surface area contributed by atoms with Crippen LogP contribution in [-0.2, 0) is 11.2 Å². The van der Waals surface area contributed by atoms with E-state index < -0.39 is 5.91 Å². The lowest BCUT2D eigenvalue weighted by molar-refractivity contribution is -0.130. The first kappa shape index (κ1) is 20.7. The van der Waals surface area contributed by atoms with Gasteiger partial charge in [-0.2, -0.15) is 5.10 Å². The van der Waals surface area contributed by atoms with Gasteiger partial charge in [-0.3, -0.25) is 9.59 Å². The van der Waals surface area contributed by atoms with Crippen molar-refractivity contribution in [2.75, 3.05) is 31.1 Å². The molecule has 160 valence electrons. The molecule has 0 aliphatic carbocycles. The lowest BCUT2D eigenvalue weighted by Crippen LogP contribution is -2.49. The number of nitrogens with zero attached hydrogens (tertiary/aromatic N) is 4. The molecule has 3 aromatic rings. The molecule has 1 aliphatic rings. The SMILES string of the molecule is Cc1nn(-c2ccccc2)c(C)c1CC(=O)N1CCN(c2ccc(C(N)=O)cc2)CC1. The van der Waals surface area contributed by atoms with E-state index in [0.717, 1.165) is 41.4 Å². The average Bonchev–Trinajstić information content (AvgIpc) is 3.08. The Labute approximate surface area is 182 Å². The summed E-state index contributed by atoms with van der Waals surface area (Å²) in [4.78, 5) is 28.4. The third-order valence-electron chi connectivity index (χ3n) is 5.92. The van der Waals surface area contributed by atoms with Crippen molar-refractivity contribution in [1.82, 2.24) is 14.7 Å². The Bertz CT molecular complexity index is 1080. The number of anilines is 1. The molecule has 1 fully saturated rings. The van der Waals surface area contributed by atoms with E-state index >= 15 is 0 Å². The van der Waals surface area contributed by atoms with Crippen LogP contribution >= 0.6 is 0 Å². The minimum Gasteiger partial charge on any atom is -0.368 e. The van der Waals surface area contributed by atoms with Gasteiger partial charge in [0.25, 0.3) is 0 Å². The molecule has 31 heavy (non-hydrogen) atoms. The molecule has 2 heterocycles. The minimum absolute atomic E-state index is 0.127. The highest BCUT2D eigenvalue weighted by Crippen LogP contribution is 2.21. The Kier molecular flexibility index (Phi) is 5.75. The quantitative estimate of drug-likeness (QED) is 0.691. The largest absolute Gasteiger partial charge is 0.368 e. The zero-order valence-electron chi connectivity index (χ0n) is 17.9. The maximum absolute atomic E-state index is 13.0. The predicted molar refractivity (Wildman–Crippen MR) is 120 cm³/mol. The van der Waals surface area contributed by atoms with E-state index in [2.05, 4.69) is 10.00 Å². The fourth-order valence-electron chi connectivity index (χ4n) is 4.07. The molecule has 0 spiro atoms. The van der Waals surface area contributed by atoms with Crippen molar-refractivity contribution in [1.29, 1.82) is 0 Å². The van der Waals surface area contributed by atoms with E-state index in [1.54, 1.807) is 12.1 Å². The summed E-state index contributed by atoms with van der Waals surface area (Å²) in [6.45, 7) is 6.82. The van der Waals surface area contributed by atoms with E-state index in [4.69, 9.17) is 5.73 Å². The number of para-hydroxylation sites is 1. The van der Waals surface area contributed by atoms with Crippen molar-refractivity contribution < 1.29 is 9.59 Å². The molecule has 0 bridgehead atoms. The molecule has 0 radical (unpaired) electrons. The van der Waals surface area contributed by atoms with Gasteiger partial charge in [0.15, 0.2) is 0 Å². The highest BCUT2D eigenvalue weighted by atomic mass is 16.2. The molecular formula is C24H27N5O2. The standard InChI is InChI=1S/C24H27N5O2/c1-17-22(18(2)29(26-17)21-6-4-3-5-7-21)16-23(30)28-14-12-27(13-15-28)20-10-8-19(9-11-20)24(25)31/h3-11H,12-16H2,1-2H3,(H2,25,31). The van der Waals surface area contributed by atoms with Gasteiger partial charge in [0.2, 0.25) is 11.8 Å². The summed E-state index contributed by atoms with van der Waals surface area (Å²) in [5.41, 5.74) is 10.7. The molecule has 2 aromatic carbocycles. The predicted octanol–water partition coefficient (Wildman–Crippen LogP) is 2.48. The molecule has 1 aromatic heterocycles. The Balaban J connectivity index is 1.39. The zero-order valence-corrected chi connectivity index (χ0v) is 17.9. The van der Waals surface area contributed by atoms with Crippen LogP contribution in [0.15, 0.2) is 54.6 Å². The van der Waals surface area contributed by atoms with Crippen molar-refractivity contribution in [3.8, 4) is 5.69 Å². The third kappa shape index (κ3) is 4.30. The van der Waals surface area contributed by atoms with Gasteiger partial charge in [0.1, 0.15) is 0 Å². The summed E-state index contributed by atoms with van der Waals surface area (Å²) in [5.74, 6) is -0.300. The van der Waals surface area contributed by atoms with Gasteiger partial charge in [-0.1, -0.05) is 18.2 Å². The van der Waals surface area contributed by atoms with E-state index in [9.17, 15) is 9.59 Å². The number of primary amides is 1. The molecule has 0 atom stereocenters. The maximum Gasteiger partial charge on any atom is 0.248 e. The summed E-state index contributed by atoms with van der Waals surface area (Å²) in [7, 11) is 0. The number of amides is 2. The van der Waals surface area contributed by atoms with Gasteiger partial charge >= 0.3 is 0 Å². The van der Waals surface area contributed by atoms with Crippen molar-refractivity contribution >= 4 is 17.5 Å². The first-order chi connectivity index (χ1) is 14.9. The van der Waals surface area contributed by atoms with Crippen molar-refractivity contribution in [2.24, 2.45) is 5.73 Å². The number of aromatic nitrogens is 2. The molecule has 4 rings (SSSR count). The number of aryl methyl sites for hydroxylation is 1. The van der Waals surface area contributed by atoms with E-state index in [0.29, 0.717) is 25.1 Å². The van der Waals surface area contributed by atoms with E-state index in [1.165, 1.54) is 0 Å². The summed E-state index contributed by atoms with van der Waals surface area (Å²) in [6, 6.07) is 17.3. The fourth-order valence-corrected chi connectivity index (χ4v) is 4.07. The van der Waals surface area contributed by atoms with Gasteiger partial charge < -0.3 is 15.5 Å². The number of hydrogen-bond acceptors (Lipinski definition) is 4. The number of carbonyl (C=O) groups is 2. The number of carbonyl (C=O) groups excluding carboxylic acids is 2. The average molecular weight is 418 g/mol. The van der Waals surface area contributed by atoms with Gasteiger partial charge in [-0.25, -0.2) is 4.68 Å². The van der Waals surface area contributed by atoms with Gasteiger partial charge in [0, 0.05) is 48.7 Å². The third-order valence-corrected chi connectivity index (χ3v) is 5.92.